The highest BCUT2D eigenvalue weighted by Crippen LogP contribution is 2.19. The molecule has 0 amide bonds. The van der Waals surface area contributed by atoms with Crippen LogP contribution in [-0.2, 0) is 6.42 Å². The van der Waals surface area contributed by atoms with Crippen LogP contribution in [0.15, 0.2) is 53.5 Å². The molecular formula is C20H23ClN6. The maximum atomic E-state index is 6.20. The SMILES string of the molecule is NC(=NCCc1nc2ccccc2[nH]1)N1CCN(c2ccc(Cl)cc2)CC1. The molecule has 27 heavy (non-hydrogen) atoms. The lowest BCUT2D eigenvalue weighted by Crippen LogP contribution is -2.51. The number of guanidine groups is 1. The molecule has 3 N–H and O–H groups in total. The quantitative estimate of drug-likeness (QED) is 0.537. The lowest BCUT2D eigenvalue weighted by molar-refractivity contribution is 0.381. The number of benzene rings is 2. The fourth-order valence-electron chi connectivity index (χ4n) is 3.35. The van der Waals surface area contributed by atoms with E-state index in [9.17, 15) is 0 Å². The molecule has 0 radical (unpaired) electrons. The Hall–Kier alpha value is -2.73. The molecule has 3 aromatic rings. The molecule has 4 rings (SSSR count). The number of aliphatic imine (C=N–C) groups is 1. The predicted molar refractivity (Wildman–Crippen MR) is 112 cm³/mol. The summed E-state index contributed by atoms with van der Waals surface area (Å²) in [5.41, 5.74) is 9.44. The second kappa shape index (κ2) is 7.88. The number of para-hydroxylation sites is 2. The van der Waals surface area contributed by atoms with Gasteiger partial charge in [-0.15, -0.1) is 0 Å². The highest BCUT2D eigenvalue weighted by atomic mass is 35.5. The Morgan fingerprint density at radius 2 is 1.81 bits per heavy atom. The van der Waals surface area contributed by atoms with Gasteiger partial charge in [-0.05, 0) is 36.4 Å². The standard InChI is InChI=1S/C20H23ClN6/c21-15-5-7-16(8-6-15)26-11-13-27(14-12-26)20(22)23-10-9-19-24-17-3-1-2-4-18(17)25-19/h1-8H,9-14H2,(H2,22,23)(H,24,25). The second-order valence-corrected chi connectivity index (χ2v) is 7.08. The number of aromatic amines is 1. The summed E-state index contributed by atoms with van der Waals surface area (Å²) in [6, 6.07) is 16.0. The summed E-state index contributed by atoms with van der Waals surface area (Å²) in [7, 11) is 0. The molecule has 0 saturated carbocycles. The zero-order valence-corrected chi connectivity index (χ0v) is 15.9. The number of rotatable bonds is 4. The van der Waals surface area contributed by atoms with Crippen molar-refractivity contribution in [2.75, 3.05) is 37.6 Å². The van der Waals surface area contributed by atoms with E-state index in [0.717, 1.165) is 54.5 Å². The summed E-state index contributed by atoms with van der Waals surface area (Å²) in [4.78, 5) is 16.9. The lowest BCUT2D eigenvalue weighted by Gasteiger charge is -2.36. The van der Waals surface area contributed by atoms with E-state index >= 15 is 0 Å². The van der Waals surface area contributed by atoms with E-state index in [1.54, 1.807) is 0 Å². The Bertz CT molecular complexity index is 892. The van der Waals surface area contributed by atoms with Crippen LogP contribution in [0, 0.1) is 0 Å². The van der Waals surface area contributed by atoms with E-state index in [4.69, 9.17) is 17.3 Å². The summed E-state index contributed by atoms with van der Waals surface area (Å²) < 4.78 is 0. The monoisotopic (exact) mass is 382 g/mol. The first-order valence-electron chi connectivity index (χ1n) is 9.18. The average molecular weight is 383 g/mol. The molecule has 0 bridgehead atoms. The van der Waals surface area contributed by atoms with Crippen LogP contribution in [0.5, 0.6) is 0 Å². The number of nitrogens with zero attached hydrogens (tertiary/aromatic N) is 4. The number of piperazine rings is 1. The van der Waals surface area contributed by atoms with Gasteiger partial charge in [0, 0.05) is 49.9 Å². The third-order valence-corrected chi connectivity index (χ3v) is 5.11. The summed E-state index contributed by atoms with van der Waals surface area (Å²) in [5, 5.41) is 0.762. The second-order valence-electron chi connectivity index (χ2n) is 6.64. The van der Waals surface area contributed by atoms with E-state index in [1.807, 2.05) is 36.4 Å². The van der Waals surface area contributed by atoms with Crippen molar-refractivity contribution in [3.63, 3.8) is 0 Å². The molecule has 7 heteroatoms. The highest BCUT2D eigenvalue weighted by molar-refractivity contribution is 6.30. The molecule has 1 aliphatic rings. The zero-order chi connectivity index (χ0) is 18.6. The minimum absolute atomic E-state index is 0.613. The first-order valence-corrected chi connectivity index (χ1v) is 9.56. The van der Waals surface area contributed by atoms with Crippen LogP contribution in [0.3, 0.4) is 0 Å². The number of hydrogen-bond donors (Lipinski definition) is 2. The van der Waals surface area contributed by atoms with E-state index < -0.39 is 0 Å². The third kappa shape index (κ3) is 4.17. The number of halogens is 1. The van der Waals surface area contributed by atoms with Gasteiger partial charge in [-0.2, -0.15) is 0 Å². The van der Waals surface area contributed by atoms with Crippen LogP contribution in [-0.4, -0.2) is 53.6 Å². The van der Waals surface area contributed by atoms with Gasteiger partial charge < -0.3 is 20.5 Å². The number of H-pyrrole nitrogens is 1. The largest absolute Gasteiger partial charge is 0.370 e. The first kappa shape index (κ1) is 17.7. The third-order valence-electron chi connectivity index (χ3n) is 4.86. The van der Waals surface area contributed by atoms with Crippen LogP contribution in [0.25, 0.3) is 11.0 Å². The predicted octanol–water partition coefficient (Wildman–Crippen LogP) is 2.90. The van der Waals surface area contributed by atoms with Crippen molar-refractivity contribution in [1.29, 1.82) is 0 Å². The van der Waals surface area contributed by atoms with E-state index in [0.29, 0.717) is 12.5 Å². The Balaban J connectivity index is 1.29. The number of nitrogens with one attached hydrogen (secondary N) is 1. The van der Waals surface area contributed by atoms with Gasteiger partial charge in [-0.25, -0.2) is 4.98 Å². The molecule has 2 aromatic carbocycles. The maximum absolute atomic E-state index is 6.20. The Labute approximate surface area is 163 Å². The van der Waals surface area contributed by atoms with Gasteiger partial charge in [-0.1, -0.05) is 23.7 Å². The Morgan fingerprint density at radius 1 is 1.07 bits per heavy atom. The van der Waals surface area contributed by atoms with Gasteiger partial charge in [0.25, 0.3) is 0 Å². The van der Waals surface area contributed by atoms with E-state index in [2.05, 4.69) is 36.9 Å². The molecule has 1 aliphatic heterocycles. The molecule has 6 nitrogen and oxygen atoms in total. The Kier molecular flexibility index (Phi) is 5.16. The van der Waals surface area contributed by atoms with Crippen molar-refractivity contribution in [3.05, 3.63) is 59.4 Å². The zero-order valence-electron chi connectivity index (χ0n) is 15.1. The summed E-state index contributed by atoms with van der Waals surface area (Å²) >= 11 is 5.97. The molecule has 1 saturated heterocycles. The van der Waals surface area contributed by atoms with Crippen molar-refractivity contribution in [3.8, 4) is 0 Å². The maximum Gasteiger partial charge on any atom is 0.191 e. The van der Waals surface area contributed by atoms with Gasteiger partial charge in [0.1, 0.15) is 5.82 Å². The number of nitrogens with two attached hydrogens (primary N) is 1. The minimum Gasteiger partial charge on any atom is -0.370 e. The summed E-state index contributed by atoms with van der Waals surface area (Å²) in [6.45, 7) is 4.19. The van der Waals surface area contributed by atoms with Crippen LogP contribution in [0.1, 0.15) is 5.82 Å². The van der Waals surface area contributed by atoms with Crippen LogP contribution < -0.4 is 10.6 Å². The van der Waals surface area contributed by atoms with Gasteiger partial charge in [-0.3, -0.25) is 4.99 Å². The summed E-state index contributed by atoms with van der Waals surface area (Å²) in [6.07, 6.45) is 0.750. The molecule has 140 valence electrons. The molecule has 1 fully saturated rings. The minimum atomic E-state index is 0.613. The van der Waals surface area contributed by atoms with Crippen molar-refractivity contribution in [1.82, 2.24) is 14.9 Å². The van der Waals surface area contributed by atoms with Gasteiger partial charge in [0.05, 0.1) is 11.0 Å². The van der Waals surface area contributed by atoms with Crippen LogP contribution in [0.2, 0.25) is 5.02 Å². The fourth-order valence-corrected chi connectivity index (χ4v) is 3.47. The topological polar surface area (TPSA) is 73.5 Å². The molecule has 0 spiro atoms. The fraction of sp³-hybridized carbons (Fsp3) is 0.300. The van der Waals surface area contributed by atoms with Gasteiger partial charge in [0.15, 0.2) is 5.96 Å². The number of aromatic nitrogens is 2. The Morgan fingerprint density at radius 3 is 2.56 bits per heavy atom. The summed E-state index contributed by atoms with van der Waals surface area (Å²) in [5.74, 6) is 1.56. The normalized spacial score (nSPS) is 15.5. The molecule has 1 aromatic heterocycles. The van der Waals surface area contributed by atoms with Gasteiger partial charge in [0.2, 0.25) is 0 Å². The molecule has 0 atom stereocenters. The smallest absolute Gasteiger partial charge is 0.191 e. The lowest BCUT2D eigenvalue weighted by atomic mass is 10.2. The van der Waals surface area contributed by atoms with E-state index in [1.165, 1.54) is 5.69 Å². The van der Waals surface area contributed by atoms with Crippen molar-refractivity contribution < 1.29 is 0 Å². The van der Waals surface area contributed by atoms with Crippen LogP contribution in [0.4, 0.5) is 5.69 Å². The van der Waals surface area contributed by atoms with Crippen molar-refractivity contribution in [2.45, 2.75) is 6.42 Å². The average Bonchev–Trinajstić information content (AvgIpc) is 3.11. The molecule has 0 aliphatic carbocycles. The highest BCUT2D eigenvalue weighted by Gasteiger charge is 2.18. The number of fused-ring (bicyclic) bond motifs is 1. The van der Waals surface area contributed by atoms with E-state index in [-0.39, 0.29) is 0 Å². The van der Waals surface area contributed by atoms with Crippen LogP contribution >= 0.6 is 11.6 Å². The molecule has 2 heterocycles. The number of anilines is 1. The number of hydrogen-bond acceptors (Lipinski definition) is 3. The van der Waals surface area contributed by atoms with Gasteiger partial charge >= 0.3 is 0 Å². The number of imidazole rings is 1. The molecular weight excluding hydrogens is 360 g/mol. The molecule has 0 unspecified atom stereocenters. The van der Waals surface area contributed by atoms with Crippen molar-refractivity contribution >= 4 is 34.3 Å². The van der Waals surface area contributed by atoms with Crippen molar-refractivity contribution in [2.24, 2.45) is 10.7 Å². The first-order chi connectivity index (χ1) is 13.2.